The summed E-state index contributed by atoms with van der Waals surface area (Å²) < 4.78 is 0. The van der Waals surface area contributed by atoms with Crippen LogP contribution in [-0.4, -0.2) is 65.9 Å². The fourth-order valence-corrected chi connectivity index (χ4v) is 5.08. The lowest BCUT2D eigenvalue weighted by molar-refractivity contribution is -0.125. The molecule has 3 aliphatic rings. The van der Waals surface area contributed by atoms with E-state index in [0.29, 0.717) is 18.5 Å². The Morgan fingerprint density at radius 2 is 1.84 bits per heavy atom. The summed E-state index contributed by atoms with van der Waals surface area (Å²) >= 11 is 0. The van der Waals surface area contributed by atoms with E-state index < -0.39 is 0 Å². The van der Waals surface area contributed by atoms with Gasteiger partial charge in [0.05, 0.1) is 23.9 Å². The van der Waals surface area contributed by atoms with E-state index >= 15 is 0 Å². The molecule has 0 aromatic heterocycles. The Morgan fingerprint density at radius 3 is 2.52 bits per heavy atom. The molecule has 168 valence electrons. The summed E-state index contributed by atoms with van der Waals surface area (Å²) in [5.41, 5.74) is 3.79. The Hall–Kier alpha value is -2.34. The zero-order chi connectivity index (χ0) is 22.1. The molecule has 2 atom stereocenters. The van der Waals surface area contributed by atoms with Gasteiger partial charge in [0.25, 0.3) is 5.91 Å². The second-order valence-corrected chi connectivity index (χ2v) is 9.58. The lowest BCUT2D eigenvalue weighted by Gasteiger charge is -2.33. The molecular formula is C25H36N4O2. The number of piperidine rings is 1. The molecule has 0 radical (unpaired) electrons. The summed E-state index contributed by atoms with van der Waals surface area (Å²) in [6, 6.07) is 8.41. The second-order valence-electron chi connectivity index (χ2n) is 9.58. The average molecular weight is 425 g/mol. The van der Waals surface area contributed by atoms with Gasteiger partial charge < -0.3 is 15.1 Å². The van der Waals surface area contributed by atoms with Gasteiger partial charge in [-0.3, -0.25) is 9.69 Å². The zero-order valence-corrected chi connectivity index (χ0v) is 19.4. The number of carbonyl (C=O) groups is 2. The minimum Gasteiger partial charge on any atom is -0.333 e. The van der Waals surface area contributed by atoms with Gasteiger partial charge in [-0.15, -0.1) is 0 Å². The highest BCUT2D eigenvalue weighted by Gasteiger charge is 2.42. The van der Waals surface area contributed by atoms with Crippen molar-refractivity contribution >= 4 is 11.9 Å². The third kappa shape index (κ3) is 4.36. The number of amides is 3. The lowest BCUT2D eigenvalue weighted by Crippen LogP contribution is -2.45. The van der Waals surface area contributed by atoms with Crippen LogP contribution >= 0.6 is 0 Å². The summed E-state index contributed by atoms with van der Waals surface area (Å²) in [6.07, 6.45) is 4.84. The molecule has 1 saturated heterocycles. The minimum atomic E-state index is -0.375. The Bertz CT molecular complexity index is 861. The number of carbonyl (C=O) groups excluding carboxylic acids is 2. The van der Waals surface area contributed by atoms with Gasteiger partial charge in [-0.1, -0.05) is 44.5 Å². The maximum absolute atomic E-state index is 13.4. The van der Waals surface area contributed by atoms with E-state index in [-0.39, 0.29) is 18.0 Å². The number of nitrogens with zero attached hydrogens (tertiary/aromatic N) is 3. The largest absolute Gasteiger partial charge is 0.333 e. The first-order valence-electron chi connectivity index (χ1n) is 11.8. The summed E-state index contributed by atoms with van der Waals surface area (Å²) in [5.74, 6) is 0.508. The van der Waals surface area contributed by atoms with Crippen molar-refractivity contribution in [3.05, 3.63) is 46.7 Å². The molecule has 1 aromatic rings. The van der Waals surface area contributed by atoms with Crippen LogP contribution < -0.4 is 5.32 Å². The van der Waals surface area contributed by atoms with Gasteiger partial charge in [0.15, 0.2) is 0 Å². The number of rotatable bonds is 6. The van der Waals surface area contributed by atoms with E-state index in [0.717, 1.165) is 36.3 Å². The van der Waals surface area contributed by atoms with Crippen LogP contribution in [0.3, 0.4) is 0 Å². The van der Waals surface area contributed by atoms with E-state index in [9.17, 15) is 9.59 Å². The van der Waals surface area contributed by atoms with Crippen LogP contribution in [0.15, 0.2) is 35.5 Å². The van der Waals surface area contributed by atoms with Crippen molar-refractivity contribution in [2.24, 2.45) is 0 Å². The summed E-state index contributed by atoms with van der Waals surface area (Å²) in [4.78, 5) is 32.1. The fraction of sp³-hybridized carbons (Fsp3) is 0.600. The van der Waals surface area contributed by atoms with Gasteiger partial charge in [-0.2, -0.15) is 0 Å². The summed E-state index contributed by atoms with van der Waals surface area (Å²) in [6.45, 7) is 10.1. The summed E-state index contributed by atoms with van der Waals surface area (Å²) in [5, 5.41) is 3.04. The van der Waals surface area contributed by atoms with E-state index in [2.05, 4.69) is 43.1 Å². The molecule has 31 heavy (non-hydrogen) atoms. The van der Waals surface area contributed by atoms with Gasteiger partial charge in [0, 0.05) is 26.2 Å². The molecule has 0 aliphatic carbocycles. The van der Waals surface area contributed by atoms with Crippen molar-refractivity contribution < 1.29 is 9.59 Å². The molecule has 0 saturated carbocycles. The van der Waals surface area contributed by atoms with Gasteiger partial charge in [0.1, 0.15) is 0 Å². The van der Waals surface area contributed by atoms with Gasteiger partial charge in [-0.25, -0.2) is 4.79 Å². The smallest absolute Gasteiger partial charge is 0.322 e. The molecule has 1 aromatic carbocycles. The Kier molecular flexibility index (Phi) is 6.37. The van der Waals surface area contributed by atoms with Gasteiger partial charge >= 0.3 is 6.03 Å². The molecule has 3 aliphatic heterocycles. The van der Waals surface area contributed by atoms with Crippen molar-refractivity contribution in [2.45, 2.75) is 64.5 Å². The number of urea groups is 1. The van der Waals surface area contributed by atoms with E-state index in [1.54, 1.807) is 11.9 Å². The first-order chi connectivity index (χ1) is 14.9. The predicted molar refractivity (Wildman–Crippen MR) is 123 cm³/mol. The zero-order valence-electron chi connectivity index (χ0n) is 19.4. The highest BCUT2D eigenvalue weighted by Crippen LogP contribution is 2.36. The van der Waals surface area contributed by atoms with Crippen LogP contribution in [0.25, 0.3) is 0 Å². The SMILES string of the molecule is CC(C)c1ccc([C@@H]2NC(=O)N(C)C3=C2C(=O)N(CCCN2CCCC[C@H]2C)C3)cc1. The van der Waals surface area contributed by atoms with Crippen LogP contribution in [0.2, 0.25) is 0 Å². The average Bonchev–Trinajstić information content (AvgIpc) is 3.09. The normalized spacial score (nSPS) is 24.8. The molecule has 6 nitrogen and oxygen atoms in total. The molecule has 0 spiro atoms. The quantitative estimate of drug-likeness (QED) is 0.754. The monoisotopic (exact) mass is 424 g/mol. The molecule has 0 bridgehead atoms. The topological polar surface area (TPSA) is 55.9 Å². The van der Waals surface area contributed by atoms with Crippen molar-refractivity contribution in [3.63, 3.8) is 0 Å². The van der Waals surface area contributed by atoms with E-state index in [1.165, 1.54) is 31.4 Å². The molecule has 4 rings (SSSR count). The molecular weight excluding hydrogens is 388 g/mol. The van der Waals surface area contributed by atoms with Gasteiger partial charge in [0.2, 0.25) is 0 Å². The Morgan fingerprint density at radius 1 is 1.10 bits per heavy atom. The van der Waals surface area contributed by atoms with Gasteiger partial charge in [-0.05, 0) is 49.8 Å². The van der Waals surface area contributed by atoms with E-state index in [4.69, 9.17) is 0 Å². The van der Waals surface area contributed by atoms with Crippen LogP contribution in [0.1, 0.15) is 69.5 Å². The number of likely N-dealkylation sites (N-methyl/N-ethyl adjacent to an activating group) is 1. The molecule has 1 N–H and O–H groups in total. The van der Waals surface area contributed by atoms with Crippen molar-refractivity contribution in [1.29, 1.82) is 0 Å². The molecule has 1 fully saturated rings. The van der Waals surface area contributed by atoms with Crippen molar-refractivity contribution in [1.82, 2.24) is 20.0 Å². The van der Waals surface area contributed by atoms with E-state index in [1.807, 2.05) is 17.0 Å². The molecule has 3 heterocycles. The Labute approximate surface area is 186 Å². The molecule has 3 amide bonds. The number of nitrogens with one attached hydrogen (secondary N) is 1. The third-order valence-corrected chi connectivity index (χ3v) is 7.19. The third-order valence-electron chi connectivity index (χ3n) is 7.19. The first kappa shape index (κ1) is 21.9. The van der Waals surface area contributed by atoms with Crippen LogP contribution in [-0.2, 0) is 4.79 Å². The molecule has 0 unspecified atom stereocenters. The number of benzene rings is 1. The highest BCUT2D eigenvalue weighted by atomic mass is 16.2. The first-order valence-corrected chi connectivity index (χ1v) is 11.8. The fourth-order valence-electron chi connectivity index (χ4n) is 5.08. The number of hydrogen-bond acceptors (Lipinski definition) is 3. The van der Waals surface area contributed by atoms with Crippen LogP contribution in [0, 0.1) is 0 Å². The Balaban J connectivity index is 1.47. The van der Waals surface area contributed by atoms with Crippen molar-refractivity contribution in [2.75, 3.05) is 33.2 Å². The molecule has 6 heteroatoms. The second kappa shape index (κ2) is 9.03. The minimum absolute atomic E-state index is 0.0616. The summed E-state index contributed by atoms with van der Waals surface area (Å²) in [7, 11) is 1.76. The standard InChI is InChI=1S/C25H36N4O2/c1-17(2)19-9-11-20(12-10-19)23-22-21(27(4)25(31)26-23)16-29(24(22)30)15-7-14-28-13-6-5-8-18(28)3/h9-12,17-18,23H,5-8,13-16H2,1-4H3,(H,26,31)/t18-,23+/m1/s1. The number of hydrogen-bond donors (Lipinski definition) is 1. The van der Waals surface area contributed by atoms with Crippen LogP contribution in [0.5, 0.6) is 0 Å². The maximum Gasteiger partial charge on any atom is 0.322 e. The lowest BCUT2D eigenvalue weighted by atomic mass is 9.93. The van der Waals surface area contributed by atoms with Crippen LogP contribution in [0.4, 0.5) is 4.79 Å². The highest BCUT2D eigenvalue weighted by molar-refractivity contribution is 6.01. The predicted octanol–water partition coefficient (Wildman–Crippen LogP) is 3.87. The maximum atomic E-state index is 13.4. The van der Waals surface area contributed by atoms with Crippen molar-refractivity contribution in [3.8, 4) is 0 Å². The number of likely N-dealkylation sites (tertiary alicyclic amines) is 1.